The monoisotopic (exact) mass is 726 g/mol. The van der Waals surface area contributed by atoms with Crippen LogP contribution in [0.5, 0.6) is 0 Å². The van der Waals surface area contributed by atoms with E-state index in [1.165, 1.54) is 77.0 Å². The molecule has 6 nitrogen and oxygen atoms in total. The average Bonchev–Trinajstić information content (AvgIpc) is 3.43. The number of hydrogen-bond acceptors (Lipinski definition) is 5. The van der Waals surface area contributed by atoms with E-state index in [-0.39, 0.29) is 35.5 Å². The van der Waals surface area contributed by atoms with E-state index in [4.69, 9.17) is 16.2 Å². The number of carbonyl (C=O) groups is 2. The Kier molecular flexibility index (Phi) is 17.1. The molecule has 4 aliphatic rings. The largest absolute Gasteiger partial charge is 0.462 e. The number of unbranched alkanes of at least 4 members (excludes halogenated alkanes) is 4. The van der Waals surface area contributed by atoms with Crippen LogP contribution < -0.4 is 11.5 Å². The molecule has 52 heavy (non-hydrogen) atoms. The number of nitrogens with zero attached hydrogens (tertiary/aromatic N) is 1. The fourth-order valence-electron chi connectivity index (χ4n) is 11.8. The minimum atomic E-state index is -0.131. The molecule has 0 heterocycles. The lowest BCUT2D eigenvalue weighted by atomic mass is 9.47. The number of rotatable bonds is 22. The predicted octanol–water partition coefficient (Wildman–Crippen LogP) is 10.8. The summed E-state index contributed by atoms with van der Waals surface area (Å²) in [7, 11) is 0. The molecule has 0 radical (unpaired) electrons. The Labute approximate surface area is 320 Å². The molecule has 4 aliphatic carbocycles. The van der Waals surface area contributed by atoms with E-state index in [2.05, 4.69) is 47.6 Å². The molecule has 0 aromatic heterocycles. The number of nitrogens with two attached hydrogens (primary N) is 2. The minimum absolute atomic E-state index is 0.0165. The molecule has 0 bridgehead atoms. The lowest BCUT2D eigenvalue weighted by molar-refractivity contribution is -0.151. The molecular weight excluding hydrogens is 643 g/mol. The predicted molar refractivity (Wildman–Crippen MR) is 218 cm³/mol. The topological polar surface area (TPSA) is 98.7 Å². The zero-order valence-corrected chi connectivity index (χ0v) is 35.1. The number of fused-ring (bicyclic) bond motifs is 5. The van der Waals surface area contributed by atoms with Crippen molar-refractivity contribution in [1.29, 1.82) is 0 Å². The summed E-state index contributed by atoms with van der Waals surface area (Å²) in [5.74, 6) is 5.11. The second-order valence-electron chi connectivity index (χ2n) is 19.3. The third kappa shape index (κ3) is 11.6. The SMILES string of the molecule is CCC(CCCC1CCC2C3CC=C4CC(OC(=O)CCCC(=O)N(CCCCCCCC(C)N)CCC(C)N)CCC4(C)C3CCC12C)C(C)C. The summed E-state index contributed by atoms with van der Waals surface area (Å²) in [4.78, 5) is 28.2. The normalized spacial score (nSPS) is 31.6. The molecular formula is C46H83N3O3. The summed E-state index contributed by atoms with van der Waals surface area (Å²) >= 11 is 0. The highest BCUT2D eigenvalue weighted by Crippen LogP contribution is 2.67. The van der Waals surface area contributed by atoms with E-state index >= 15 is 0 Å². The summed E-state index contributed by atoms with van der Waals surface area (Å²) in [5, 5.41) is 0. The summed E-state index contributed by atoms with van der Waals surface area (Å²) in [6.07, 6.45) is 26.9. The van der Waals surface area contributed by atoms with E-state index < -0.39 is 0 Å². The fraction of sp³-hybridized carbons (Fsp3) is 0.913. The Morgan fingerprint density at radius 2 is 1.56 bits per heavy atom. The Hall–Kier alpha value is -1.40. The smallest absolute Gasteiger partial charge is 0.306 e. The van der Waals surface area contributed by atoms with Crippen molar-refractivity contribution in [2.45, 2.75) is 208 Å². The van der Waals surface area contributed by atoms with Gasteiger partial charge in [-0.25, -0.2) is 0 Å². The Balaban J connectivity index is 1.21. The summed E-state index contributed by atoms with van der Waals surface area (Å²) in [6.45, 7) is 18.0. The maximum absolute atomic E-state index is 13.2. The summed E-state index contributed by atoms with van der Waals surface area (Å²) in [5.41, 5.74) is 14.3. The van der Waals surface area contributed by atoms with Gasteiger partial charge >= 0.3 is 5.97 Å². The number of hydrogen-bond donors (Lipinski definition) is 2. The summed E-state index contributed by atoms with van der Waals surface area (Å²) < 4.78 is 6.12. The van der Waals surface area contributed by atoms with Crippen molar-refractivity contribution in [1.82, 2.24) is 4.90 Å². The molecule has 0 saturated heterocycles. The van der Waals surface area contributed by atoms with Crippen molar-refractivity contribution in [3.05, 3.63) is 11.6 Å². The van der Waals surface area contributed by atoms with Gasteiger partial charge in [0.15, 0.2) is 0 Å². The Morgan fingerprint density at radius 1 is 0.827 bits per heavy atom. The first kappa shape index (κ1) is 43.3. The number of amides is 1. The van der Waals surface area contributed by atoms with Crippen molar-refractivity contribution in [3.63, 3.8) is 0 Å². The molecule has 300 valence electrons. The van der Waals surface area contributed by atoms with Crippen LogP contribution in [0.1, 0.15) is 190 Å². The zero-order chi connectivity index (χ0) is 37.9. The molecule has 10 unspecified atom stereocenters. The molecule has 3 fully saturated rings. The first-order valence-electron chi connectivity index (χ1n) is 22.5. The van der Waals surface area contributed by atoms with Gasteiger partial charge < -0.3 is 21.1 Å². The lowest BCUT2D eigenvalue weighted by Gasteiger charge is -2.58. The van der Waals surface area contributed by atoms with Gasteiger partial charge in [0.25, 0.3) is 0 Å². The highest BCUT2D eigenvalue weighted by Gasteiger charge is 2.58. The molecule has 4 N–H and O–H groups in total. The van der Waals surface area contributed by atoms with Crippen LogP contribution in [0.25, 0.3) is 0 Å². The number of carbonyl (C=O) groups excluding carboxylic acids is 2. The van der Waals surface area contributed by atoms with Gasteiger partial charge in [-0.3, -0.25) is 9.59 Å². The molecule has 0 aliphatic heterocycles. The zero-order valence-electron chi connectivity index (χ0n) is 35.1. The highest BCUT2D eigenvalue weighted by atomic mass is 16.5. The molecule has 0 aromatic carbocycles. The van der Waals surface area contributed by atoms with Crippen LogP contribution in [-0.2, 0) is 14.3 Å². The van der Waals surface area contributed by atoms with E-state index in [0.717, 1.165) is 87.0 Å². The quantitative estimate of drug-likeness (QED) is 0.0658. The third-order valence-electron chi connectivity index (χ3n) is 15.2. The van der Waals surface area contributed by atoms with E-state index in [0.29, 0.717) is 31.2 Å². The van der Waals surface area contributed by atoms with E-state index in [1.807, 2.05) is 11.8 Å². The van der Waals surface area contributed by atoms with Crippen LogP contribution in [0.2, 0.25) is 0 Å². The van der Waals surface area contributed by atoms with Crippen molar-refractivity contribution in [3.8, 4) is 0 Å². The highest BCUT2D eigenvalue weighted by molar-refractivity contribution is 5.77. The Morgan fingerprint density at radius 3 is 2.27 bits per heavy atom. The first-order valence-corrected chi connectivity index (χ1v) is 22.5. The van der Waals surface area contributed by atoms with Crippen LogP contribution in [0.15, 0.2) is 11.6 Å². The number of ether oxygens (including phenoxy) is 1. The van der Waals surface area contributed by atoms with Gasteiger partial charge in [0.1, 0.15) is 6.10 Å². The van der Waals surface area contributed by atoms with Crippen molar-refractivity contribution >= 4 is 11.9 Å². The van der Waals surface area contributed by atoms with Crippen molar-refractivity contribution < 1.29 is 14.3 Å². The van der Waals surface area contributed by atoms with Crippen LogP contribution in [-0.4, -0.2) is 48.1 Å². The van der Waals surface area contributed by atoms with Gasteiger partial charge in [-0.2, -0.15) is 0 Å². The van der Waals surface area contributed by atoms with Crippen LogP contribution in [0.4, 0.5) is 0 Å². The Bertz CT molecular complexity index is 1130. The third-order valence-corrected chi connectivity index (χ3v) is 15.2. The van der Waals surface area contributed by atoms with Gasteiger partial charge in [0.2, 0.25) is 5.91 Å². The maximum Gasteiger partial charge on any atom is 0.306 e. The molecule has 10 atom stereocenters. The molecule has 6 heteroatoms. The molecule has 3 saturated carbocycles. The summed E-state index contributed by atoms with van der Waals surface area (Å²) in [6, 6.07) is 0.351. The molecule has 0 aromatic rings. The van der Waals surface area contributed by atoms with Crippen LogP contribution in [0.3, 0.4) is 0 Å². The van der Waals surface area contributed by atoms with Crippen LogP contribution >= 0.6 is 0 Å². The minimum Gasteiger partial charge on any atom is -0.462 e. The van der Waals surface area contributed by atoms with Crippen LogP contribution in [0, 0.1) is 46.3 Å². The number of allylic oxidation sites excluding steroid dienone is 1. The van der Waals surface area contributed by atoms with Gasteiger partial charge in [0, 0.05) is 44.4 Å². The second-order valence-corrected chi connectivity index (χ2v) is 19.3. The van der Waals surface area contributed by atoms with Gasteiger partial charge in [-0.1, -0.05) is 91.2 Å². The van der Waals surface area contributed by atoms with E-state index in [9.17, 15) is 9.59 Å². The van der Waals surface area contributed by atoms with Gasteiger partial charge in [0.05, 0.1) is 0 Å². The van der Waals surface area contributed by atoms with Crippen molar-refractivity contribution in [2.24, 2.45) is 57.8 Å². The second kappa shape index (κ2) is 20.5. The van der Waals surface area contributed by atoms with Gasteiger partial charge in [-0.15, -0.1) is 0 Å². The molecule has 4 rings (SSSR count). The molecule has 1 amide bonds. The van der Waals surface area contributed by atoms with Crippen molar-refractivity contribution in [2.75, 3.05) is 13.1 Å². The number of esters is 1. The molecule has 0 spiro atoms. The average molecular weight is 726 g/mol. The maximum atomic E-state index is 13.2. The van der Waals surface area contributed by atoms with E-state index in [1.54, 1.807) is 5.57 Å². The first-order chi connectivity index (χ1) is 24.8. The van der Waals surface area contributed by atoms with Gasteiger partial charge in [-0.05, 0) is 137 Å². The fourth-order valence-corrected chi connectivity index (χ4v) is 11.8. The standard InChI is InChI=1S/C46H83N3O3/c1-8-36(33(2)3)17-14-18-37-22-24-41-40-23-21-38-32-39(25-28-46(38,7)42(40)26-29-45(37,41)6)52-44(51)20-15-19-43(50)49(31-27-35(5)48)30-13-11-9-10-12-16-34(4)47/h21,33-37,39-42H,8-20,22-32,47-48H2,1-7H3. The lowest BCUT2D eigenvalue weighted by Crippen LogP contribution is -2.50.